The molecule has 10 heteroatoms. The van der Waals surface area contributed by atoms with Gasteiger partial charge in [-0.05, 0) is 23.8 Å². The first-order valence-electron chi connectivity index (χ1n) is 9.58. The second-order valence-corrected chi connectivity index (χ2v) is 7.97. The van der Waals surface area contributed by atoms with Gasteiger partial charge in [-0.3, -0.25) is 19.9 Å². The van der Waals surface area contributed by atoms with Gasteiger partial charge in [0.05, 0.1) is 18.4 Å². The molecule has 31 heavy (non-hydrogen) atoms. The van der Waals surface area contributed by atoms with Gasteiger partial charge in [-0.25, -0.2) is 9.97 Å². The van der Waals surface area contributed by atoms with Crippen molar-refractivity contribution in [3.63, 3.8) is 0 Å². The quantitative estimate of drug-likeness (QED) is 0.628. The fourth-order valence-electron chi connectivity index (χ4n) is 3.30. The van der Waals surface area contributed by atoms with Crippen LogP contribution >= 0.6 is 11.3 Å². The lowest BCUT2D eigenvalue weighted by Gasteiger charge is -2.24. The summed E-state index contributed by atoms with van der Waals surface area (Å²) in [5, 5.41) is 3.24. The zero-order chi connectivity index (χ0) is 21.2. The van der Waals surface area contributed by atoms with Gasteiger partial charge in [-0.1, -0.05) is 17.4 Å². The predicted octanol–water partition coefficient (Wildman–Crippen LogP) is 2.51. The Balaban J connectivity index is 1.23. The number of amides is 2. The number of nitrogens with zero attached hydrogens (tertiary/aromatic N) is 4. The number of rotatable bonds is 4. The summed E-state index contributed by atoms with van der Waals surface area (Å²) in [7, 11) is 0. The molecule has 2 aliphatic rings. The lowest BCUT2D eigenvalue weighted by atomic mass is 10.1. The number of fused-ring (bicyclic) bond motifs is 2. The van der Waals surface area contributed by atoms with Crippen LogP contribution in [0.4, 0.5) is 5.13 Å². The second-order valence-electron chi connectivity index (χ2n) is 6.89. The van der Waals surface area contributed by atoms with Crippen LogP contribution in [-0.2, 0) is 17.8 Å². The van der Waals surface area contributed by atoms with E-state index < -0.39 is 0 Å². The number of anilines is 1. The van der Waals surface area contributed by atoms with Crippen molar-refractivity contribution in [3.8, 4) is 11.5 Å². The number of hydrogen-bond donors (Lipinski definition) is 1. The summed E-state index contributed by atoms with van der Waals surface area (Å²) in [6.45, 7) is 1.24. The molecule has 0 unspecified atom stereocenters. The zero-order valence-corrected chi connectivity index (χ0v) is 17.1. The Morgan fingerprint density at radius 3 is 2.97 bits per heavy atom. The van der Waals surface area contributed by atoms with E-state index in [4.69, 9.17) is 9.47 Å². The normalized spacial score (nSPS) is 14.5. The van der Waals surface area contributed by atoms with Crippen LogP contribution in [0.3, 0.4) is 0 Å². The van der Waals surface area contributed by atoms with E-state index >= 15 is 0 Å². The molecule has 3 aromatic rings. The predicted molar refractivity (Wildman–Crippen MR) is 113 cm³/mol. The van der Waals surface area contributed by atoms with Gasteiger partial charge in [0.15, 0.2) is 16.6 Å². The highest BCUT2D eigenvalue weighted by molar-refractivity contribution is 7.15. The Kier molecular flexibility index (Phi) is 5.04. The number of ether oxygens (including phenoxy) is 2. The Labute approximate surface area is 181 Å². The summed E-state index contributed by atoms with van der Waals surface area (Å²) in [4.78, 5) is 40.0. The van der Waals surface area contributed by atoms with E-state index in [-0.39, 0.29) is 24.3 Å². The van der Waals surface area contributed by atoms with Crippen molar-refractivity contribution < 1.29 is 19.1 Å². The Hall–Kier alpha value is -3.79. The second kappa shape index (κ2) is 8.15. The van der Waals surface area contributed by atoms with Crippen LogP contribution in [0, 0.1) is 0 Å². The van der Waals surface area contributed by atoms with Crippen LogP contribution in [0.25, 0.3) is 6.08 Å². The highest BCUT2D eigenvalue weighted by Crippen LogP contribution is 2.33. The molecule has 0 aliphatic carbocycles. The van der Waals surface area contributed by atoms with Gasteiger partial charge < -0.3 is 14.4 Å². The Morgan fingerprint density at radius 1 is 1.19 bits per heavy atom. The molecular formula is C21H17N5O4S. The summed E-state index contributed by atoms with van der Waals surface area (Å²) in [6, 6.07) is 5.55. The topological polar surface area (TPSA) is 107 Å². The van der Waals surface area contributed by atoms with Crippen molar-refractivity contribution in [2.45, 2.75) is 13.0 Å². The Morgan fingerprint density at radius 2 is 2.10 bits per heavy atom. The van der Waals surface area contributed by atoms with Gasteiger partial charge in [0, 0.05) is 36.3 Å². The summed E-state index contributed by atoms with van der Waals surface area (Å²) in [5.41, 5.74) is 1.99. The molecule has 1 aromatic carbocycles. The van der Waals surface area contributed by atoms with E-state index in [9.17, 15) is 9.59 Å². The van der Waals surface area contributed by atoms with Crippen LogP contribution in [0.5, 0.6) is 11.5 Å². The summed E-state index contributed by atoms with van der Waals surface area (Å²) in [5.74, 6) is 0.943. The molecule has 2 aliphatic heterocycles. The van der Waals surface area contributed by atoms with Gasteiger partial charge in [-0.15, -0.1) is 0 Å². The van der Waals surface area contributed by atoms with Gasteiger partial charge in [0.25, 0.3) is 5.91 Å². The minimum Gasteiger partial charge on any atom is -0.454 e. The SMILES string of the molecule is O=C(Nc1nc2c(s1)CN(C(=O)/C=C/c1ccc3c(c1)OCO3)CC2)c1cnccn1. The molecular weight excluding hydrogens is 418 g/mol. The minimum atomic E-state index is -0.362. The van der Waals surface area contributed by atoms with E-state index in [2.05, 4.69) is 20.3 Å². The molecule has 5 rings (SSSR count). The monoisotopic (exact) mass is 435 g/mol. The largest absolute Gasteiger partial charge is 0.454 e. The third kappa shape index (κ3) is 4.10. The first kappa shape index (κ1) is 19.2. The van der Waals surface area contributed by atoms with E-state index in [1.807, 2.05) is 18.2 Å². The van der Waals surface area contributed by atoms with Crippen LogP contribution in [0.2, 0.25) is 0 Å². The maximum absolute atomic E-state index is 12.7. The first-order valence-corrected chi connectivity index (χ1v) is 10.4. The lowest BCUT2D eigenvalue weighted by Crippen LogP contribution is -2.34. The van der Waals surface area contributed by atoms with Crippen LogP contribution in [0.15, 0.2) is 42.9 Å². The molecule has 0 atom stereocenters. The standard InChI is InChI=1S/C21H17N5O4S/c27-19(4-2-13-1-3-16-17(9-13)30-12-29-16)26-8-5-14-18(11-26)31-21(24-14)25-20(28)15-10-22-6-7-23-15/h1-4,6-7,9-10H,5,8,11-12H2,(H,24,25,28)/b4-2+. The fourth-order valence-corrected chi connectivity index (χ4v) is 4.32. The van der Waals surface area contributed by atoms with Crippen LogP contribution in [0.1, 0.15) is 26.6 Å². The van der Waals surface area contributed by atoms with Crippen molar-refractivity contribution in [2.75, 3.05) is 18.7 Å². The zero-order valence-electron chi connectivity index (χ0n) is 16.3. The molecule has 2 amide bonds. The van der Waals surface area contributed by atoms with E-state index in [1.165, 1.54) is 29.9 Å². The van der Waals surface area contributed by atoms with Crippen molar-refractivity contribution in [1.82, 2.24) is 19.9 Å². The number of thiazole rings is 1. The molecule has 4 heterocycles. The third-order valence-corrected chi connectivity index (χ3v) is 5.87. The molecule has 1 N–H and O–H groups in total. The smallest absolute Gasteiger partial charge is 0.277 e. The van der Waals surface area contributed by atoms with E-state index in [0.29, 0.717) is 36.1 Å². The maximum Gasteiger partial charge on any atom is 0.277 e. The Bertz CT molecular complexity index is 1180. The van der Waals surface area contributed by atoms with Crippen molar-refractivity contribution in [3.05, 3.63) is 64.7 Å². The number of hydrogen-bond acceptors (Lipinski definition) is 8. The number of aromatic nitrogens is 3. The molecule has 9 nitrogen and oxygen atoms in total. The lowest BCUT2D eigenvalue weighted by molar-refractivity contribution is -0.126. The molecule has 0 saturated carbocycles. The minimum absolute atomic E-state index is 0.0816. The summed E-state index contributed by atoms with van der Waals surface area (Å²) >= 11 is 1.37. The summed E-state index contributed by atoms with van der Waals surface area (Å²) < 4.78 is 10.7. The average Bonchev–Trinajstić information content (AvgIpc) is 3.43. The highest BCUT2D eigenvalue weighted by atomic mass is 32.1. The van der Waals surface area contributed by atoms with Crippen molar-refractivity contribution in [1.29, 1.82) is 0 Å². The summed E-state index contributed by atoms with van der Waals surface area (Å²) in [6.07, 6.45) is 8.32. The van der Waals surface area contributed by atoms with Crippen molar-refractivity contribution in [2.24, 2.45) is 0 Å². The van der Waals surface area contributed by atoms with Crippen LogP contribution in [-0.4, -0.2) is 45.0 Å². The average molecular weight is 435 g/mol. The molecule has 156 valence electrons. The van der Waals surface area contributed by atoms with E-state index in [1.54, 1.807) is 17.1 Å². The third-order valence-electron chi connectivity index (χ3n) is 4.87. The number of benzene rings is 1. The first-order chi connectivity index (χ1) is 15.2. The maximum atomic E-state index is 12.7. The highest BCUT2D eigenvalue weighted by Gasteiger charge is 2.24. The van der Waals surface area contributed by atoms with Gasteiger partial charge in [-0.2, -0.15) is 0 Å². The molecule has 0 radical (unpaired) electrons. The van der Waals surface area contributed by atoms with E-state index in [0.717, 1.165) is 16.1 Å². The number of nitrogens with one attached hydrogen (secondary N) is 1. The van der Waals surface area contributed by atoms with Gasteiger partial charge in [0.2, 0.25) is 12.7 Å². The van der Waals surface area contributed by atoms with Crippen molar-refractivity contribution >= 4 is 34.4 Å². The van der Waals surface area contributed by atoms with Gasteiger partial charge >= 0.3 is 0 Å². The van der Waals surface area contributed by atoms with Crippen LogP contribution < -0.4 is 14.8 Å². The molecule has 0 fully saturated rings. The molecule has 0 bridgehead atoms. The van der Waals surface area contributed by atoms with Gasteiger partial charge in [0.1, 0.15) is 5.69 Å². The fraction of sp³-hybridized carbons (Fsp3) is 0.190. The molecule has 0 spiro atoms. The number of carbonyl (C=O) groups excluding carboxylic acids is 2. The number of carbonyl (C=O) groups is 2. The molecule has 0 saturated heterocycles. The molecule has 2 aromatic heterocycles.